The molecule has 2 aromatic carbocycles. The number of allylic oxidation sites excluding steroid dienone is 2. The molecule has 0 saturated carbocycles. The zero-order valence-electron chi connectivity index (χ0n) is 13.4. The third-order valence-electron chi connectivity index (χ3n) is 3.67. The molecule has 0 heterocycles. The molecule has 2 N–H and O–H groups in total. The highest BCUT2D eigenvalue weighted by atomic mass is 14.9. The summed E-state index contributed by atoms with van der Waals surface area (Å²) in [5.41, 5.74) is 12.6. The predicted molar refractivity (Wildman–Crippen MR) is 96.0 cm³/mol. The Labute approximate surface area is 132 Å². The highest BCUT2D eigenvalue weighted by molar-refractivity contribution is 6.00. The van der Waals surface area contributed by atoms with E-state index in [1.807, 2.05) is 24.3 Å². The maximum Gasteiger partial charge on any atom is 0.131 e. The molecule has 0 aliphatic rings. The fraction of sp³-hybridized carbons (Fsp3) is 0.150. The quantitative estimate of drug-likeness (QED) is 0.501. The van der Waals surface area contributed by atoms with Crippen molar-refractivity contribution in [2.75, 3.05) is 0 Å². The number of hydrogen-bond donors (Lipinski definition) is 1. The second kappa shape index (κ2) is 6.90. The van der Waals surface area contributed by atoms with Crippen molar-refractivity contribution in [1.82, 2.24) is 0 Å². The fourth-order valence-electron chi connectivity index (χ4n) is 2.13. The number of nitrogens with zero attached hydrogens (tertiary/aromatic N) is 1. The minimum Gasteiger partial charge on any atom is -0.383 e. The molecule has 2 heteroatoms. The normalized spacial score (nSPS) is 12.3. The molecule has 22 heavy (non-hydrogen) atoms. The molecule has 0 unspecified atom stereocenters. The molecule has 0 atom stereocenters. The van der Waals surface area contributed by atoms with Crippen molar-refractivity contribution >= 4 is 11.5 Å². The third kappa shape index (κ3) is 3.73. The SMILES string of the molecule is C=C/C=C(\N=C(/N)c1ccc(C)c(C)c1)c1ccc(C)cc1. The molecule has 0 aliphatic heterocycles. The minimum absolute atomic E-state index is 0.511. The molecule has 0 bridgehead atoms. The minimum atomic E-state index is 0.511. The Morgan fingerprint density at radius 1 is 0.955 bits per heavy atom. The van der Waals surface area contributed by atoms with Crippen molar-refractivity contribution in [3.63, 3.8) is 0 Å². The number of nitrogens with two attached hydrogens (primary N) is 1. The van der Waals surface area contributed by atoms with Crippen LogP contribution in [-0.2, 0) is 0 Å². The van der Waals surface area contributed by atoms with Crippen LogP contribution in [0.2, 0.25) is 0 Å². The van der Waals surface area contributed by atoms with Crippen molar-refractivity contribution in [2.45, 2.75) is 20.8 Å². The Kier molecular flexibility index (Phi) is 4.95. The molecular formula is C20H22N2. The summed E-state index contributed by atoms with van der Waals surface area (Å²) in [6.45, 7) is 9.99. The van der Waals surface area contributed by atoms with Crippen molar-refractivity contribution < 1.29 is 0 Å². The van der Waals surface area contributed by atoms with Crippen LogP contribution >= 0.6 is 0 Å². The molecule has 0 aromatic heterocycles. The lowest BCUT2D eigenvalue weighted by molar-refractivity contribution is 1.32. The predicted octanol–water partition coefficient (Wildman–Crippen LogP) is 4.54. The van der Waals surface area contributed by atoms with Crippen molar-refractivity contribution in [1.29, 1.82) is 0 Å². The number of hydrogen-bond acceptors (Lipinski definition) is 1. The highest BCUT2D eigenvalue weighted by Gasteiger charge is 2.04. The van der Waals surface area contributed by atoms with Gasteiger partial charge in [0.15, 0.2) is 0 Å². The number of benzene rings is 2. The Balaban J connectivity index is 2.41. The molecular weight excluding hydrogens is 268 g/mol. The van der Waals surface area contributed by atoms with E-state index in [9.17, 15) is 0 Å². The van der Waals surface area contributed by atoms with Crippen molar-refractivity contribution in [2.24, 2.45) is 10.7 Å². The first-order valence-electron chi connectivity index (χ1n) is 7.33. The number of aliphatic imine (C=N–C) groups is 1. The maximum absolute atomic E-state index is 6.19. The summed E-state index contributed by atoms with van der Waals surface area (Å²) in [7, 11) is 0. The average Bonchev–Trinajstić information content (AvgIpc) is 2.50. The maximum atomic E-state index is 6.19. The van der Waals surface area contributed by atoms with E-state index in [1.54, 1.807) is 6.08 Å². The van der Waals surface area contributed by atoms with Crippen LogP contribution in [0.25, 0.3) is 5.70 Å². The van der Waals surface area contributed by atoms with Crippen LogP contribution in [0.4, 0.5) is 0 Å². The zero-order valence-corrected chi connectivity index (χ0v) is 13.4. The zero-order chi connectivity index (χ0) is 16.1. The Morgan fingerprint density at radius 2 is 1.59 bits per heavy atom. The summed E-state index contributed by atoms with van der Waals surface area (Å²) in [5.74, 6) is 0.511. The van der Waals surface area contributed by atoms with Gasteiger partial charge in [0.25, 0.3) is 0 Å². The molecule has 0 fully saturated rings. The largest absolute Gasteiger partial charge is 0.383 e. The summed E-state index contributed by atoms with van der Waals surface area (Å²) in [4.78, 5) is 4.59. The van der Waals surface area contributed by atoms with Gasteiger partial charge in [-0.2, -0.15) is 0 Å². The summed E-state index contributed by atoms with van der Waals surface area (Å²) in [5, 5.41) is 0. The van der Waals surface area contributed by atoms with Gasteiger partial charge in [0.1, 0.15) is 5.84 Å². The van der Waals surface area contributed by atoms with E-state index < -0.39 is 0 Å². The van der Waals surface area contributed by atoms with E-state index >= 15 is 0 Å². The second-order valence-electron chi connectivity index (χ2n) is 5.45. The lowest BCUT2D eigenvalue weighted by Gasteiger charge is -2.07. The molecule has 0 radical (unpaired) electrons. The van der Waals surface area contributed by atoms with Crippen LogP contribution in [0.15, 0.2) is 66.2 Å². The first kappa shape index (κ1) is 15.8. The first-order chi connectivity index (χ1) is 10.5. The molecule has 2 aromatic rings. The second-order valence-corrected chi connectivity index (χ2v) is 5.45. The lowest BCUT2D eigenvalue weighted by atomic mass is 10.1. The van der Waals surface area contributed by atoms with Gasteiger partial charge < -0.3 is 5.73 Å². The molecule has 0 aliphatic carbocycles. The molecule has 112 valence electrons. The van der Waals surface area contributed by atoms with Crippen molar-refractivity contribution in [3.05, 3.63) is 89.0 Å². The molecule has 2 rings (SSSR count). The summed E-state index contributed by atoms with van der Waals surface area (Å²) in [6.07, 6.45) is 3.60. The van der Waals surface area contributed by atoms with Crippen LogP contribution in [0.5, 0.6) is 0 Å². The van der Waals surface area contributed by atoms with Gasteiger partial charge in [-0.25, -0.2) is 4.99 Å². The van der Waals surface area contributed by atoms with E-state index in [2.05, 4.69) is 56.6 Å². The van der Waals surface area contributed by atoms with Gasteiger partial charge in [-0.05, 0) is 44.0 Å². The van der Waals surface area contributed by atoms with Gasteiger partial charge >= 0.3 is 0 Å². The first-order valence-corrected chi connectivity index (χ1v) is 7.33. The van der Waals surface area contributed by atoms with Crippen molar-refractivity contribution in [3.8, 4) is 0 Å². The van der Waals surface area contributed by atoms with E-state index in [1.165, 1.54) is 16.7 Å². The molecule has 0 saturated heterocycles. The summed E-state index contributed by atoms with van der Waals surface area (Å²) in [6, 6.07) is 14.3. The van der Waals surface area contributed by atoms with E-state index in [-0.39, 0.29) is 0 Å². The molecule has 0 amide bonds. The Morgan fingerprint density at radius 3 is 2.18 bits per heavy atom. The lowest BCUT2D eigenvalue weighted by Crippen LogP contribution is -2.13. The number of amidine groups is 1. The number of rotatable bonds is 4. The van der Waals surface area contributed by atoms with Crippen LogP contribution in [0, 0.1) is 20.8 Å². The molecule has 0 spiro atoms. The fourth-order valence-corrected chi connectivity index (χ4v) is 2.13. The standard InChI is InChI=1S/C20H22N2/c1-5-6-19(17-10-7-14(2)8-11-17)22-20(21)18-12-9-15(3)16(4)13-18/h5-13H,1H2,2-4H3,(H2,21,22)/b19-6-. The Bertz CT molecular complexity index is 735. The topological polar surface area (TPSA) is 38.4 Å². The van der Waals surface area contributed by atoms with E-state index in [0.717, 1.165) is 16.8 Å². The van der Waals surface area contributed by atoms with Gasteiger partial charge in [-0.1, -0.05) is 54.6 Å². The summed E-state index contributed by atoms with van der Waals surface area (Å²) >= 11 is 0. The molecule has 2 nitrogen and oxygen atoms in total. The average molecular weight is 290 g/mol. The van der Waals surface area contributed by atoms with Crippen LogP contribution in [0.3, 0.4) is 0 Å². The van der Waals surface area contributed by atoms with Gasteiger partial charge in [-0.15, -0.1) is 0 Å². The summed E-state index contributed by atoms with van der Waals surface area (Å²) < 4.78 is 0. The van der Waals surface area contributed by atoms with E-state index in [0.29, 0.717) is 5.84 Å². The van der Waals surface area contributed by atoms with Gasteiger partial charge in [0.05, 0.1) is 5.70 Å². The smallest absolute Gasteiger partial charge is 0.131 e. The monoisotopic (exact) mass is 290 g/mol. The third-order valence-corrected chi connectivity index (χ3v) is 3.67. The van der Waals surface area contributed by atoms with Crippen LogP contribution < -0.4 is 5.73 Å². The van der Waals surface area contributed by atoms with E-state index in [4.69, 9.17) is 5.73 Å². The van der Waals surface area contributed by atoms with Gasteiger partial charge in [0, 0.05) is 11.1 Å². The van der Waals surface area contributed by atoms with Gasteiger partial charge in [-0.3, -0.25) is 0 Å². The van der Waals surface area contributed by atoms with Crippen LogP contribution in [0.1, 0.15) is 27.8 Å². The number of aryl methyl sites for hydroxylation is 3. The Hall–Kier alpha value is -2.61. The highest BCUT2D eigenvalue weighted by Crippen LogP contribution is 2.18. The van der Waals surface area contributed by atoms with Gasteiger partial charge in [0.2, 0.25) is 0 Å². The van der Waals surface area contributed by atoms with Crippen LogP contribution in [-0.4, -0.2) is 5.84 Å².